The Kier molecular flexibility index (Phi) is 41.3. The molecule has 0 heterocycles. The van der Waals surface area contributed by atoms with Crippen LogP contribution in [0.25, 0.3) is 0 Å². The van der Waals surface area contributed by atoms with Crippen LogP contribution in [0, 0.1) is 5.92 Å². The number of carbonyl (C=O) groups excluding carboxylic acids is 3. The van der Waals surface area contributed by atoms with Crippen LogP contribution in [0.3, 0.4) is 0 Å². The van der Waals surface area contributed by atoms with Gasteiger partial charge in [-0.05, 0) is 25.2 Å². The van der Waals surface area contributed by atoms with Gasteiger partial charge in [-0.1, -0.05) is 227 Å². The van der Waals surface area contributed by atoms with E-state index in [0.29, 0.717) is 19.3 Å². The molecule has 54 heavy (non-hydrogen) atoms. The molecule has 0 radical (unpaired) electrons. The Balaban J connectivity index is 4.28. The summed E-state index contributed by atoms with van der Waals surface area (Å²) in [5, 5.41) is 0. The van der Waals surface area contributed by atoms with Crippen molar-refractivity contribution in [3.05, 3.63) is 0 Å². The average Bonchev–Trinajstić information content (AvgIpc) is 3.15. The molecule has 0 bridgehead atoms. The predicted octanol–water partition coefficient (Wildman–Crippen LogP) is 15.1. The number of carbonyl (C=O) groups is 3. The molecule has 1 atom stereocenters. The first-order chi connectivity index (χ1) is 26.4. The number of hydrogen-bond donors (Lipinski definition) is 0. The summed E-state index contributed by atoms with van der Waals surface area (Å²) in [6.07, 6.45) is 42.3. The molecule has 0 aliphatic carbocycles. The molecule has 0 amide bonds. The second-order valence-electron chi connectivity index (χ2n) is 16.9. The van der Waals surface area contributed by atoms with E-state index in [9.17, 15) is 14.4 Å². The molecule has 0 rings (SSSR count). The molecule has 0 N–H and O–H groups in total. The van der Waals surface area contributed by atoms with Gasteiger partial charge in [-0.2, -0.15) is 0 Å². The Labute approximate surface area is 336 Å². The fourth-order valence-corrected chi connectivity index (χ4v) is 7.16. The van der Waals surface area contributed by atoms with Crippen LogP contribution in [0.5, 0.6) is 0 Å². The topological polar surface area (TPSA) is 78.9 Å². The molecular weight excluding hydrogens is 673 g/mol. The third-order valence-corrected chi connectivity index (χ3v) is 10.8. The van der Waals surface area contributed by atoms with Gasteiger partial charge in [0, 0.05) is 19.3 Å². The zero-order chi connectivity index (χ0) is 39.6. The number of ether oxygens (including phenoxy) is 3. The molecule has 6 nitrogen and oxygen atoms in total. The molecule has 0 aliphatic heterocycles. The molecule has 0 aromatic heterocycles. The SMILES string of the molecule is CCCCCCCCCCCCCCCCCC(=O)OC[C@H](COC(=O)CCCCCCCCCCC(C)C)OC(=O)CCCCCCCCCCCC. The highest BCUT2D eigenvalue weighted by atomic mass is 16.6. The first-order valence-corrected chi connectivity index (χ1v) is 23.9. The van der Waals surface area contributed by atoms with Gasteiger partial charge < -0.3 is 14.2 Å². The predicted molar refractivity (Wildman–Crippen MR) is 229 cm³/mol. The number of rotatable bonds is 43. The van der Waals surface area contributed by atoms with Crippen LogP contribution in [0.15, 0.2) is 0 Å². The van der Waals surface area contributed by atoms with Crippen molar-refractivity contribution in [2.24, 2.45) is 5.92 Å². The Bertz CT molecular complexity index is 811. The minimum atomic E-state index is -0.759. The van der Waals surface area contributed by atoms with Crippen molar-refractivity contribution in [1.29, 1.82) is 0 Å². The van der Waals surface area contributed by atoms with E-state index in [0.717, 1.165) is 63.7 Å². The van der Waals surface area contributed by atoms with E-state index >= 15 is 0 Å². The summed E-state index contributed by atoms with van der Waals surface area (Å²) >= 11 is 0. The minimum Gasteiger partial charge on any atom is -0.462 e. The van der Waals surface area contributed by atoms with Crippen LogP contribution >= 0.6 is 0 Å². The molecule has 0 aliphatic rings. The number of hydrogen-bond acceptors (Lipinski definition) is 6. The Morgan fingerprint density at radius 2 is 0.611 bits per heavy atom. The van der Waals surface area contributed by atoms with Gasteiger partial charge in [-0.25, -0.2) is 0 Å². The van der Waals surface area contributed by atoms with Gasteiger partial charge in [0.15, 0.2) is 6.10 Å². The maximum Gasteiger partial charge on any atom is 0.306 e. The lowest BCUT2D eigenvalue weighted by atomic mass is 10.0. The van der Waals surface area contributed by atoms with Crippen molar-refractivity contribution in [2.75, 3.05) is 13.2 Å². The first kappa shape index (κ1) is 52.4. The summed E-state index contributed by atoms with van der Waals surface area (Å²) < 4.78 is 16.7. The van der Waals surface area contributed by atoms with E-state index in [4.69, 9.17) is 14.2 Å². The molecule has 0 spiro atoms. The van der Waals surface area contributed by atoms with E-state index in [1.54, 1.807) is 0 Å². The van der Waals surface area contributed by atoms with E-state index < -0.39 is 6.10 Å². The van der Waals surface area contributed by atoms with Gasteiger partial charge in [0.25, 0.3) is 0 Å². The lowest BCUT2D eigenvalue weighted by Crippen LogP contribution is -2.30. The van der Waals surface area contributed by atoms with Crippen LogP contribution in [0.2, 0.25) is 0 Å². The minimum absolute atomic E-state index is 0.0637. The lowest BCUT2D eigenvalue weighted by Gasteiger charge is -2.18. The molecule has 6 heteroatoms. The Hall–Kier alpha value is -1.59. The highest BCUT2D eigenvalue weighted by Crippen LogP contribution is 2.16. The van der Waals surface area contributed by atoms with Crippen molar-refractivity contribution in [1.82, 2.24) is 0 Å². The molecule has 0 aromatic rings. The molecular formula is C48H92O6. The summed E-state index contributed by atoms with van der Waals surface area (Å²) in [4.78, 5) is 37.7. The van der Waals surface area contributed by atoms with Crippen molar-refractivity contribution < 1.29 is 28.6 Å². The second-order valence-corrected chi connectivity index (χ2v) is 16.9. The van der Waals surface area contributed by atoms with Crippen molar-refractivity contribution in [3.8, 4) is 0 Å². The average molecular weight is 765 g/mol. The Morgan fingerprint density at radius 1 is 0.352 bits per heavy atom. The maximum absolute atomic E-state index is 12.7. The van der Waals surface area contributed by atoms with E-state index in [1.807, 2.05) is 0 Å². The van der Waals surface area contributed by atoms with Crippen LogP contribution in [-0.4, -0.2) is 37.2 Å². The molecule has 0 saturated heterocycles. The third-order valence-electron chi connectivity index (χ3n) is 10.8. The van der Waals surface area contributed by atoms with Gasteiger partial charge in [0.2, 0.25) is 0 Å². The summed E-state index contributed by atoms with van der Waals surface area (Å²) in [6, 6.07) is 0. The highest BCUT2D eigenvalue weighted by molar-refractivity contribution is 5.71. The first-order valence-electron chi connectivity index (χ1n) is 23.9. The van der Waals surface area contributed by atoms with Gasteiger partial charge in [0.1, 0.15) is 13.2 Å². The molecule has 0 unspecified atom stereocenters. The van der Waals surface area contributed by atoms with Crippen molar-refractivity contribution in [2.45, 2.75) is 271 Å². The normalized spacial score (nSPS) is 11.9. The zero-order valence-corrected chi connectivity index (χ0v) is 36.7. The van der Waals surface area contributed by atoms with E-state index in [1.165, 1.54) is 161 Å². The smallest absolute Gasteiger partial charge is 0.306 e. The fourth-order valence-electron chi connectivity index (χ4n) is 7.16. The highest BCUT2D eigenvalue weighted by Gasteiger charge is 2.19. The number of unbranched alkanes of at least 4 members (excludes halogenated alkanes) is 30. The summed E-state index contributed by atoms with van der Waals surface area (Å²) in [5.74, 6) is -0.0569. The van der Waals surface area contributed by atoms with Crippen LogP contribution in [-0.2, 0) is 28.6 Å². The summed E-state index contributed by atoms with van der Waals surface area (Å²) in [6.45, 7) is 8.96. The van der Waals surface area contributed by atoms with E-state index in [-0.39, 0.29) is 31.1 Å². The summed E-state index contributed by atoms with van der Waals surface area (Å²) in [5.41, 5.74) is 0. The van der Waals surface area contributed by atoms with Gasteiger partial charge in [0.05, 0.1) is 0 Å². The standard InChI is InChI=1S/C48H92O6/c1-5-7-9-11-13-15-17-18-19-20-21-23-27-31-35-39-46(49)52-42-45(54-48(51)41-37-33-29-22-16-14-12-10-8-6-2)43-53-47(50)40-36-32-28-25-24-26-30-34-38-44(3)4/h44-45H,5-43H2,1-4H3/t45-/m1/s1. The van der Waals surface area contributed by atoms with Gasteiger partial charge in [-0.15, -0.1) is 0 Å². The van der Waals surface area contributed by atoms with E-state index in [2.05, 4.69) is 27.7 Å². The quantitative estimate of drug-likeness (QED) is 0.0349. The molecule has 0 aromatic carbocycles. The van der Waals surface area contributed by atoms with Crippen LogP contribution in [0.4, 0.5) is 0 Å². The number of esters is 3. The monoisotopic (exact) mass is 765 g/mol. The molecule has 0 saturated carbocycles. The molecule has 320 valence electrons. The largest absolute Gasteiger partial charge is 0.462 e. The van der Waals surface area contributed by atoms with Gasteiger partial charge >= 0.3 is 17.9 Å². The Morgan fingerprint density at radius 3 is 0.907 bits per heavy atom. The maximum atomic E-state index is 12.7. The second kappa shape index (κ2) is 42.6. The van der Waals surface area contributed by atoms with Gasteiger partial charge in [-0.3, -0.25) is 14.4 Å². The lowest BCUT2D eigenvalue weighted by molar-refractivity contribution is -0.167. The third kappa shape index (κ3) is 41.6. The zero-order valence-electron chi connectivity index (χ0n) is 36.7. The van der Waals surface area contributed by atoms with Crippen molar-refractivity contribution in [3.63, 3.8) is 0 Å². The van der Waals surface area contributed by atoms with Crippen LogP contribution in [0.1, 0.15) is 265 Å². The van der Waals surface area contributed by atoms with Crippen LogP contribution < -0.4 is 0 Å². The molecule has 0 fully saturated rings. The van der Waals surface area contributed by atoms with Crippen molar-refractivity contribution >= 4 is 17.9 Å². The summed E-state index contributed by atoms with van der Waals surface area (Å²) in [7, 11) is 0. The fraction of sp³-hybridized carbons (Fsp3) is 0.938.